The standard InChI is InChI=1S/C17H17FN4O5/c18-12-5-10-13(15(22(26)27)14(12)20-4-3-8(19)6-20)21(9-1-2-9)7-11(16(10)23)17(24)25/h5,7-9H,1-4,6,19H2,(H,24,25). The van der Waals surface area contributed by atoms with E-state index < -0.39 is 33.4 Å². The Labute approximate surface area is 151 Å². The molecule has 4 rings (SSSR count). The molecule has 27 heavy (non-hydrogen) atoms. The Balaban J connectivity index is 2.11. The van der Waals surface area contributed by atoms with Crippen molar-refractivity contribution in [2.75, 3.05) is 18.0 Å². The van der Waals surface area contributed by atoms with Gasteiger partial charge in [-0.3, -0.25) is 14.9 Å². The molecule has 1 aliphatic carbocycles. The highest BCUT2D eigenvalue weighted by atomic mass is 19.1. The number of anilines is 1. The van der Waals surface area contributed by atoms with Gasteiger partial charge in [0.15, 0.2) is 11.5 Å². The number of rotatable bonds is 4. The molecule has 1 aliphatic heterocycles. The number of nitrogens with zero attached hydrogens (tertiary/aromatic N) is 3. The fourth-order valence-corrected chi connectivity index (χ4v) is 3.72. The normalized spacial score (nSPS) is 19.6. The average Bonchev–Trinajstić information content (AvgIpc) is 3.35. The number of nitro groups is 1. The second-order valence-electron chi connectivity index (χ2n) is 7.02. The van der Waals surface area contributed by atoms with E-state index in [0.717, 1.165) is 12.3 Å². The molecule has 1 unspecified atom stereocenters. The van der Waals surface area contributed by atoms with Crippen LogP contribution >= 0.6 is 0 Å². The Hall–Kier alpha value is -3.01. The minimum absolute atomic E-state index is 0.0330. The number of nitro benzene ring substituents is 1. The van der Waals surface area contributed by atoms with E-state index in [1.165, 1.54) is 9.47 Å². The number of carboxylic acid groups (broad SMARTS) is 1. The molecule has 10 heteroatoms. The molecule has 0 amide bonds. The van der Waals surface area contributed by atoms with Crippen LogP contribution in [-0.2, 0) is 0 Å². The van der Waals surface area contributed by atoms with Crippen LogP contribution in [0.3, 0.4) is 0 Å². The van der Waals surface area contributed by atoms with Gasteiger partial charge in [-0.2, -0.15) is 0 Å². The zero-order valence-corrected chi connectivity index (χ0v) is 14.2. The molecule has 142 valence electrons. The second-order valence-corrected chi connectivity index (χ2v) is 7.02. The molecule has 3 N–H and O–H groups in total. The molecule has 0 spiro atoms. The van der Waals surface area contributed by atoms with E-state index in [0.29, 0.717) is 25.8 Å². The molecule has 2 fully saturated rings. The summed E-state index contributed by atoms with van der Waals surface area (Å²) in [6.07, 6.45) is 3.11. The van der Waals surface area contributed by atoms with E-state index in [1.54, 1.807) is 0 Å². The van der Waals surface area contributed by atoms with Crippen LogP contribution in [-0.4, -0.2) is 39.7 Å². The number of aromatic carboxylic acids is 1. The summed E-state index contributed by atoms with van der Waals surface area (Å²) in [4.78, 5) is 36.7. The highest BCUT2D eigenvalue weighted by molar-refractivity contribution is 5.99. The first-order valence-electron chi connectivity index (χ1n) is 8.59. The molecule has 9 nitrogen and oxygen atoms in total. The van der Waals surface area contributed by atoms with E-state index in [1.807, 2.05) is 0 Å². The number of carbonyl (C=O) groups is 1. The van der Waals surface area contributed by atoms with Gasteiger partial charge < -0.3 is 20.3 Å². The lowest BCUT2D eigenvalue weighted by Gasteiger charge is -2.21. The topological polar surface area (TPSA) is 132 Å². The van der Waals surface area contributed by atoms with Gasteiger partial charge in [0, 0.05) is 31.4 Å². The van der Waals surface area contributed by atoms with Gasteiger partial charge in [0.25, 0.3) is 0 Å². The molecule has 2 heterocycles. The molecule has 0 radical (unpaired) electrons. The van der Waals surface area contributed by atoms with Crippen LogP contribution in [0.1, 0.15) is 35.7 Å². The fourth-order valence-electron chi connectivity index (χ4n) is 3.72. The van der Waals surface area contributed by atoms with Crippen molar-refractivity contribution in [1.82, 2.24) is 4.57 Å². The fraction of sp³-hybridized carbons (Fsp3) is 0.412. The van der Waals surface area contributed by atoms with Gasteiger partial charge in [0.2, 0.25) is 5.43 Å². The highest BCUT2D eigenvalue weighted by Gasteiger charge is 2.36. The quantitative estimate of drug-likeness (QED) is 0.612. The maximum atomic E-state index is 14.9. The number of aromatic nitrogens is 1. The van der Waals surface area contributed by atoms with Crippen molar-refractivity contribution in [3.63, 3.8) is 0 Å². The van der Waals surface area contributed by atoms with Gasteiger partial charge in [-0.1, -0.05) is 0 Å². The summed E-state index contributed by atoms with van der Waals surface area (Å²) in [5.74, 6) is -2.38. The summed E-state index contributed by atoms with van der Waals surface area (Å²) in [7, 11) is 0. The lowest BCUT2D eigenvalue weighted by molar-refractivity contribution is -0.382. The Morgan fingerprint density at radius 3 is 2.59 bits per heavy atom. The summed E-state index contributed by atoms with van der Waals surface area (Å²) in [6.45, 7) is 0.634. The summed E-state index contributed by atoms with van der Waals surface area (Å²) in [5.41, 5.74) is 3.66. The number of nitrogens with two attached hydrogens (primary N) is 1. The van der Waals surface area contributed by atoms with Crippen LogP contribution < -0.4 is 16.1 Å². The maximum absolute atomic E-state index is 14.9. The van der Waals surface area contributed by atoms with Crippen molar-refractivity contribution in [3.05, 3.63) is 44.0 Å². The van der Waals surface area contributed by atoms with Gasteiger partial charge in [0.05, 0.1) is 10.3 Å². The number of carboxylic acids is 1. The summed E-state index contributed by atoms with van der Waals surface area (Å²) in [5, 5.41) is 20.9. The summed E-state index contributed by atoms with van der Waals surface area (Å²) >= 11 is 0. The predicted molar refractivity (Wildman–Crippen MR) is 94.9 cm³/mol. The van der Waals surface area contributed by atoms with Gasteiger partial charge in [-0.15, -0.1) is 0 Å². The van der Waals surface area contributed by atoms with Crippen molar-refractivity contribution in [2.24, 2.45) is 5.73 Å². The van der Waals surface area contributed by atoms with Crippen molar-refractivity contribution in [2.45, 2.75) is 31.3 Å². The van der Waals surface area contributed by atoms with Crippen LogP contribution in [0.4, 0.5) is 15.8 Å². The smallest absolute Gasteiger partial charge is 0.341 e. The Bertz CT molecular complexity index is 1050. The van der Waals surface area contributed by atoms with E-state index in [4.69, 9.17) is 5.73 Å². The van der Waals surface area contributed by atoms with Crippen molar-refractivity contribution < 1.29 is 19.2 Å². The maximum Gasteiger partial charge on any atom is 0.341 e. The van der Waals surface area contributed by atoms with E-state index in [2.05, 4.69) is 0 Å². The minimum Gasteiger partial charge on any atom is -0.477 e. The molecule has 1 saturated heterocycles. The molecular formula is C17H17FN4O5. The Morgan fingerprint density at radius 2 is 2.07 bits per heavy atom. The minimum atomic E-state index is -1.45. The Morgan fingerprint density at radius 1 is 1.37 bits per heavy atom. The van der Waals surface area contributed by atoms with Crippen LogP contribution in [0.15, 0.2) is 17.1 Å². The number of hydrogen-bond acceptors (Lipinski definition) is 6. The van der Waals surface area contributed by atoms with Gasteiger partial charge in [-0.05, 0) is 25.3 Å². The van der Waals surface area contributed by atoms with E-state index in [-0.39, 0.29) is 35.2 Å². The Kier molecular flexibility index (Phi) is 3.88. The molecular weight excluding hydrogens is 359 g/mol. The third-order valence-electron chi connectivity index (χ3n) is 5.11. The number of hydrogen-bond donors (Lipinski definition) is 2. The molecule has 0 bridgehead atoms. The molecule has 1 atom stereocenters. The van der Waals surface area contributed by atoms with Gasteiger partial charge >= 0.3 is 11.7 Å². The van der Waals surface area contributed by atoms with Gasteiger partial charge in [0.1, 0.15) is 11.1 Å². The zero-order valence-electron chi connectivity index (χ0n) is 14.2. The predicted octanol–water partition coefficient (Wildman–Crippen LogP) is 1.62. The van der Waals surface area contributed by atoms with Crippen molar-refractivity contribution in [3.8, 4) is 0 Å². The van der Waals surface area contributed by atoms with Crippen molar-refractivity contribution in [1.29, 1.82) is 0 Å². The monoisotopic (exact) mass is 376 g/mol. The first kappa shape index (κ1) is 17.4. The lowest BCUT2D eigenvalue weighted by Crippen LogP contribution is -2.28. The lowest BCUT2D eigenvalue weighted by atomic mass is 10.1. The second kappa shape index (κ2) is 6.02. The molecule has 1 saturated carbocycles. The van der Waals surface area contributed by atoms with E-state index >= 15 is 0 Å². The summed E-state index contributed by atoms with van der Waals surface area (Å²) < 4.78 is 16.3. The zero-order chi connectivity index (χ0) is 19.5. The average molecular weight is 376 g/mol. The van der Waals surface area contributed by atoms with Crippen LogP contribution in [0.2, 0.25) is 0 Å². The van der Waals surface area contributed by atoms with Crippen LogP contribution in [0, 0.1) is 15.9 Å². The largest absolute Gasteiger partial charge is 0.477 e. The van der Waals surface area contributed by atoms with Crippen molar-refractivity contribution >= 4 is 28.2 Å². The molecule has 2 aromatic rings. The van der Waals surface area contributed by atoms with Crippen LogP contribution in [0.5, 0.6) is 0 Å². The number of fused-ring (bicyclic) bond motifs is 1. The first-order valence-corrected chi connectivity index (χ1v) is 8.59. The number of pyridine rings is 1. The third-order valence-corrected chi connectivity index (χ3v) is 5.11. The molecule has 1 aromatic carbocycles. The SMILES string of the molecule is NC1CCN(c2c(F)cc3c(=O)c(C(=O)O)cn(C4CC4)c3c2[N+](=O)[O-])C1. The molecule has 2 aliphatic rings. The first-order chi connectivity index (χ1) is 12.8. The number of benzene rings is 1. The van der Waals surface area contributed by atoms with Crippen LogP contribution in [0.25, 0.3) is 10.9 Å². The number of halogens is 1. The molecule has 1 aromatic heterocycles. The van der Waals surface area contributed by atoms with Gasteiger partial charge in [-0.25, -0.2) is 9.18 Å². The highest BCUT2D eigenvalue weighted by Crippen LogP contribution is 2.43. The summed E-state index contributed by atoms with van der Waals surface area (Å²) in [6, 6.07) is 0.540. The third kappa shape index (κ3) is 2.72. The van der Waals surface area contributed by atoms with E-state index in [9.17, 15) is 29.2 Å².